The van der Waals surface area contributed by atoms with Crippen molar-refractivity contribution in [2.45, 2.75) is 51.7 Å². The molecule has 12 heteroatoms. The van der Waals surface area contributed by atoms with Gasteiger partial charge in [-0.3, -0.25) is 14.5 Å². The second kappa shape index (κ2) is 9.74. The molecule has 2 fully saturated rings. The maximum atomic E-state index is 12.5. The van der Waals surface area contributed by atoms with Crippen molar-refractivity contribution >= 4 is 33.5 Å². The normalized spacial score (nSPS) is 24.3. The highest BCUT2D eigenvalue weighted by molar-refractivity contribution is 7.91. The maximum Gasteiger partial charge on any atom is 0.410 e. The van der Waals surface area contributed by atoms with E-state index < -0.39 is 21.5 Å². The lowest BCUT2D eigenvalue weighted by Gasteiger charge is -2.35. The molecule has 1 N–H and O–H groups in total. The third-order valence-corrected chi connectivity index (χ3v) is 7.36. The van der Waals surface area contributed by atoms with Gasteiger partial charge >= 0.3 is 6.09 Å². The summed E-state index contributed by atoms with van der Waals surface area (Å²) in [5, 5.41) is 8.21. The van der Waals surface area contributed by atoms with Crippen molar-refractivity contribution in [3.63, 3.8) is 0 Å². The molecular weight excluding hydrogens is 438 g/mol. The summed E-state index contributed by atoms with van der Waals surface area (Å²) >= 11 is 0. The molecule has 0 radical (unpaired) electrons. The van der Waals surface area contributed by atoms with E-state index in [0.717, 1.165) is 0 Å². The van der Waals surface area contributed by atoms with Crippen molar-refractivity contribution < 1.29 is 27.5 Å². The average Bonchev–Trinajstić information content (AvgIpc) is 3.07. The molecule has 3 aliphatic rings. The topological polar surface area (TPSA) is 129 Å². The molecule has 3 heterocycles. The van der Waals surface area contributed by atoms with Crippen LogP contribution in [0.1, 0.15) is 40.0 Å². The molecule has 0 aromatic rings. The van der Waals surface area contributed by atoms with Crippen molar-refractivity contribution in [3.8, 4) is 0 Å². The molecule has 1 unspecified atom stereocenters. The quantitative estimate of drug-likeness (QED) is 0.589. The molecule has 3 amide bonds. The van der Waals surface area contributed by atoms with Crippen molar-refractivity contribution in [2.75, 3.05) is 50.8 Å². The molecule has 0 spiro atoms. The van der Waals surface area contributed by atoms with E-state index in [4.69, 9.17) is 4.74 Å². The number of hydrazone groups is 1. The smallest absolute Gasteiger partial charge is 0.410 e. The van der Waals surface area contributed by atoms with Gasteiger partial charge in [0, 0.05) is 52.1 Å². The summed E-state index contributed by atoms with van der Waals surface area (Å²) < 4.78 is 28.8. The third kappa shape index (κ3) is 6.64. The summed E-state index contributed by atoms with van der Waals surface area (Å²) in [6.07, 6.45) is 0.432. The van der Waals surface area contributed by atoms with Crippen molar-refractivity contribution in [1.82, 2.24) is 20.1 Å². The summed E-state index contributed by atoms with van der Waals surface area (Å²) in [5.74, 6) is -0.645. The Kier molecular flexibility index (Phi) is 7.43. The molecule has 0 aliphatic carbocycles. The van der Waals surface area contributed by atoms with Crippen LogP contribution >= 0.6 is 0 Å². The predicted octanol–water partition coefficient (Wildman–Crippen LogP) is -0.179. The molecule has 3 aliphatic heterocycles. The second-order valence-electron chi connectivity index (χ2n) is 9.41. The zero-order valence-corrected chi connectivity index (χ0v) is 19.8. The summed E-state index contributed by atoms with van der Waals surface area (Å²) in [4.78, 5) is 40.7. The number of sulfone groups is 1. The minimum Gasteiger partial charge on any atom is -0.444 e. The van der Waals surface area contributed by atoms with Crippen LogP contribution in [0.25, 0.3) is 0 Å². The molecule has 0 saturated carbocycles. The van der Waals surface area contributed by atoms with Gasteiger partial charge in [0.2, 0.25) is 5.91 Å². The number of amides is 3. The van der Waals surface area contributed by atoms with Gasteiger partial charge in [0.05, 0.1) is 17.5 Å². The average molecular weight is 472 g/mol. The van der Waals surface area contributed by atoms with Crippen molar-refractivity contribution in [3.05, 3.63) is 0 Å². The van der Waals surface area contributed by atoms with Crippen LogP contribution < -0.4 is 5.32 Å². The number of nitrogens with zero attached hydrogens (tertiary/aromatic N) is 4. The number of ether oxygens (including phenoxy) is 1. The number of nitrogens with one attached hydrogen (secondary N) is 1. The van der Waals surface area contributed by atoms with Crippen molar-refractivity contribution in [1.29, 1.82) is 0 Å². The molecule has 11 nitrogen and oxygen atoms in total. The molecule has 3 rings (SSSR count). The first-order valence-electron chi connectivity index (χ1n) is 11.0. The van der Waals surface area contributed by atoms with E-state index in [1.165, 1.54) is 5.01 Å². The fourth-order valence-electron chi connectivity index (χ4n) is 3.90. The second-order valence-corrected chi connectivity index (χ2v) is 11.6. The number of carbonyl (C=O) groups is 3. The monoisotopic (exact) mass is 471 g/mol. The SMILES string of the molecule is CC(C)(C)OC(=O)N1CCN(CCNC(=O)C2=NN(C3CCS(=O)(=O)C3)C(=O)CC2)CC1. The summed E-state index contributed by atoms with van der Waals surface area (Å²) in [7, 11) is -3.15. The number of hydrogen-bond acceptors (Lipinski definition) is 8. The Balaban J connectivity index is 1.43. The van der Waals surface area contributed by atoms with Gasteiger partial charge in [0.15, 0.2) is 9.84 Å². The minimum atomic E-state index is -3.15. The van der Waals surface area contributed by atoms with E-state index in [2.05, 4.69) is 15.3 Å². The maximum absolute atomic E-state index is 12.5. The van der Waals surface area contributed by atoms with Gasteiger partial charge in [0.25, 0.3) is 5.91 Å². The highest BCUT2D eigenvalue weighted by Gasteiger charge is 2.37. The van der Waals surface area contributed by atoms with E-state index >= 15 is 0 Å². The van der Waals surface area contributed by atoms with Crippen LogP contribution in [0.2, 0.25) is 0 Å². The number of hydrogen-bond donors (Lipinski definition) is 1. The van der Waals surface area contributed by atoms with Gasteiger partial charge in [-0.2, -0.15) is 5.10 Å². The fraction of sp³-hybridized carbons (Fsp3) is 0.800. The van der Waals surface area contributed by atoms with Gasteiger partial charge in [-0.15, -0.1) is 0 Å². The highest BCUT2D eigenvalue weighted by Crippen LogP contribution is 2.22. The third-order valence-electron chi connectivity index (χ3n) is 5.61. The standard InChI is InChI=1S/C20H33N5O6S/c1-20(2,3)31-19(28)24-11-9-23(10-12-24)8-7-21-18(27)16-4-5-17(26)25(22-16)15-6-13-32(29,30)14-15/h15H,4-14H2,1-3H3,(H,21,27). The summed E-state index contributed by atoms with van der Waals surface area (Å²) in [6.45, 7) is 9.07. The van der Waals surface area contributed by atoms with Gasteiger partial charge in [-0.25, -0.2) is 18.2 Å². The number of rotatable bonds is 5. The van der Waals surface area contributed by atoms with Crippen molar-refractivity contribution in [2.24, 2.45) is 5.10 Å². The Morgan fingerprint density at radius 1 is 1.16 bits per heavy atom. The molecular formula is C20H33N5O6S. The Morgan fingerprint density at radius 2 is 1.84 bits per heavy atom. The molecule has 0 bridgehead atoms. The minimum absolute atomic E-state index is 0.0414. The molecule has 2 saturated heterocycles. The van der Waals surface area contributed by atoms with Crippen LogP contribution in [0.4, 0.5) is 4.79 Å². The van der Waals surface area contributed by atoms with E-state index in [-0.39, 0.29) is 48.0 Å². The van der Waals surface area contributed by atoms with Crippen LogP contribution in [-0.4, -0.2) is 109 Å². The molecule has 1 atom stereocenters. The van der Waals surface area contributed by atoms with Crippen LogP contribution in [0.5, 0.6) is 0 Å². The number of piperazine rings is 1. The van der Waals surface area contributed by atoms with Gasteiger partial charge < -0.3 is 15.0 Å². The van der Waals surface area contributed by atoms with Gasteiger partial charge in [0.1, 0.15) is 11.3 Å². The molecule has 32 heavy (non-hydrogen) atoms. The largest absolute Gasteiger partial charge is 0.444 e. The van der Waals surface area contributed by atoms with Gasteiger partial charge in [-0.1, -0.05) is 0 Å². The predicted molar refractivity (Wildman–Crippen MR) is 118 cm³/mol. The van der Waals surface area contributed by atoms with Gasteiger partial charge in [-0.05, 0) is 27.2 Å². The lowest BCUT2D eigenvalue weighted by atomic mass is 10.1. The lowest BCUT2D eigenvalue weighted by Crippen LogP contribution is -2.51. The molecule has 0 aromatic heterocycles. The molecule has 180 valence electrons. The number of carbonyl (C=O) groups excluding carboxylic acids is 3. The summed E-state index contributed by atoms with van der Waals surface area (Å²) in [5.41, 5.74) is -0.268. The van der Waals surface area contributed by atoms with E-state index in [1.807, 2.05) is 20.8 Å². The van der Waals surface area contributed by atoms with Crippen LogP contribution in [0.15, 0.2) is 5.10 Å². The zero-order chi connectivity index (χ0) is 23.5. The Hall–Kier alpha value is -2.21. The first kappa shape index (κ1) is 24.4. The fourth-order valence-corrected chi connectivity index (χ4v) is 5.59. The molecule has 0 aromatic carbocycles. The summed E-state index contributed by atoms with van der Waals surface area (Å²) in [6, 6.07) is -0.489. The first-order chi connectivity index (χ1) is 14.9. The Morgan fingerprint density at radius 3 is 2.44 bits per heavy atom. The van der Waals surface area contributed by atoms with Crippen LogP contribution in [0, 0.1) is 0 Å². The zero-order valence-electron chi connectivity index (χ0n) is 19.0. The van der Waals surface area contributed by atoms with E-state index in [0.29, 0.717) is 45.7 Å². The Labute approximate surface area is 189 Å². The highest BCUT2D eigenvalue weighted by atomic mass is 32.2. The first-order valence-corrected chi connectivity index (χ1v) is 12.8. The van der Waals surface area contributed by atoms with Crippen LogP contribution in [-0.2, 0) is 24.2 Å². The van der Waals surface area contributed by atoms with E-state index in [9.17, 15) is 22.8 Å². The van der Waals surface area contributed by atoms with Crippen LogP contribution in [0.3, 0.4) is 0 Å². The Bertz CT molecular complexity index is 873. The lowest BCUT2D eigenvalue weighted by molar-refractivity contribution is -0.133. The van der Waals surface area contributed by atoms with E-state index in [1.54, 1.807) is 4.90 Å².